The van der Waals surface area contributed by atoms with Gasteiger partial charge >= 0.3 is 0 Å². The fourth-order valence-corrected chi connectivity index (χ4v) is 3.42. The van der Waals surface area contributed by atoms with Crippen molar-refractivity contribution >= 4 is 17.5 Å². The number of ether oxygens (including phenoxy) is 1. The molecule has 1 aliphatic rings. The highest BCUT2D eigenvalue weighted by Crippen LogP contribution is 2.18. The summed E-state index contributed by atoms with van der Waals surface area (Å²) in [6, 6.07) is 15.0. The molecule has 0 radical (unpaired) electrons. The van der Waals surface area contributed by atoms with Crippen molar-refractivity contribution in [1.82, 2.24) is 5.32 Å². The van der Waals surface area contributed by atoms with Crippen LogP contribution in [0.4, 0.5) is 5.69 Å². The minimum Gasteiger partial charge on any atom is -0.484 e. The number of nitrogens with one attached hydrogen (secondary N) is 2. The van der Waals surface area contributed by atoms with Gasteiger partial charge in [-0.1, -0.05) is 38.3 Å². The first-order valence-corrected chi connectivity index (χ1v) is 10.1. The monoisotopic (exact) mass is 380 g/mol. The molecule has 3 rings (SSSR count). The molecule has 0 atom stereocenters. The molecule has 0 heterocycles. The smallest absolute Gasteiger partial charge is 0.262 e. The molecule has 148 valence electrons. The Morgan fingerprint density at radius 1 is 1.04 bits per heavy atom. The van der Waals surface area contributed by atoms with Gasteiger partial charge in [-0.15, -0.1) is 0 Å². The molecule has 0 bridgehead atoms. The van der Waals surface area contributed by atoms with Crippen molar-refractivity contribution in [2.75, 3.05) is 11.9 Å². The maximum Gasteiger partial charge on any atom is 0.262 e. The largest absolute Gasteiger partial charge is 0.484 e. The summed E-state index contributed by atoms with van der Waals surface area (Å²) in [5, 5.41) is 5.89. The summed E-state index contributed by atoms with van der Waals surface area (Å²) >= 11 is 0. The quantitative estimate of drug-likeness (QED) is 0.751. The normalized spacial score (nSPS) is 14.3. The van der Waals surface area contributed by atoms with E-state index in [9.17, 15) is 9.59 Å². The van der Waals surface area contributed by atoms with Gasteiger partial charge in [0.15, 0.2) is 6.61 Å². The number of rotatable bonds is 7. The summed E-state index contributed by atoms with van der Waals surface area (Å²) in [4.78, 5) is 24.4. The lowest BCUT2D eigenvalue weighted by Gasteiger charge is -2.22. The molecule has 0 spiro atoms. The first kappa shape index (κ1) is 19.9. The number of anilines is 1. The molecular weight excluding hydrogens is 352 g/mol. The van der Waals surface area contributed by atoms with Crippen molar-refractivity contribution < 1.29 is 14.3 Å². The van der Waals surface area contributed by atoms with Crippen LogP contribution in [0.15, 0.2) is 48.5 Å². The Bertz CT molecular complexity index is 796. The van der Waals surface area contributed by atoms with Gasteiger partial charge in [0.2, 0.25) is 0 Å². The van der Waals surface area contributed by atoms with Gasteiger partial charge in [-0.25, -0.2) is 0 Å². The second-order valence-electron chi connectivity index (χ2n) is 7.22. The molecule has 2 aromatic rings. The van der Waals surface area contributed by atoms with E-state index in [1.807, 2.05) is 24.3 Å². The van der Waals surface area contributed by atoms with E-state index in [0.717, 1.165) is 19.3 Å². The Balaban J connectivity index is 1.47. The molecule has 0 aromatic heterocycles. The van der Waals surface area contributed by atoms with Crippen LogP contribution >= 0.6 is 0 Å². The van der Waals surface area contributed by atoms with E-state index in [-0.39, 0.29) is 24.5 Å². The zero-order valence-corrected chi connectivity index (χ0v) is 16.4. The summed E-state index contributed by atoms with van der Waals surface area (Å²) in [6.45, 7) is 2.02. The van der Waals surface area contributed by atoms with E-state index in [1.165, 1.54) is 24.8 Å². The van der Waals surface area contributed by atoms with E-state index in [2.05, 4.69) is 17.6 Å². The van der Waals surface area contributed by atoms with Crippen molar-refractivity contribution in [2.24, 2.45) is 0 Å². The molecule has 1 saturated carbocycles. The molecule has 2 aromatic carbocycles. The SMILES string of the molecule is CCc1cccc(OCC(=O)Nc2ccc(C(=O)NC3CCCCC3)cc2)c1. The highest BCUT2D eigenvalue weighted by Gasteiger charge is 2.16. The average molecular weight is 380 g/mol. The Morgan fingerprint density at radius 2 is 1.79 bits per heavy atom. The van der Waals surface area contributed by atoms with Crippen LogP contribution in [0.2, 0.25) is 0 Å². The van der Waals surface area contributed by atoms with Gasteiger partial charge in [-0.3, -0.25) is 9.59 Å². The number of benzene rings is 2. The van der Waals surface area contributed by atoms with Crippen molar-refractivity contribution in [3.05, 3.63) is 59.7 Å². The van der Waals surface area contributed by atoms with Gasteiger partial charge in [0.25, 0.3) is 11.8 Å². The summed E-state index contributed by atoms with van der Waals surface area (Å²) in [6.07, 6.45) is 6.65. The Labute approximate surface area is 166 Å². The van der Waals surface area contributed by atoms with Crippen LogP contribution in [0.3, 0.4) is 0 Å². The summed E-state index contributed by atoms with van der Waals surface area (Å²) < 4.78 is 5.55. The Kier molecular flexibility index (Phi) is 7.06. The third-order valence-corrected chi connectivity index (χ3v) is 5.05. The molecule has 0 aliphatic heterocycles. The van der Waals surface area contributed by atoms with Crippen molar-refractivity contribution in [1.29, 1.82) is 0 Å². The fraction of sp³-hybridized carbons (Fsp3) is 0.391. The van der Waals surface area contributed by atoms with Gasteiger partial charge in [0.1, 0.15) is 5.75 Å². The number of aryl methyl sites for hydroxylation is 1. The maximum atomic E-state index is 12.3. The molecule has 0 unspecified atom stereocenters. The molecule has 2 amide bonds. The Hall–Kier alpha value is -2.82. The molecule has 5 heteroatoms. The number of carbonyl (C=O) groups excluding carboxylic acids is 2. The number of carbonyl (C=O) groups is 2. The van der Waals surface area contributed by atoms with Crippen LogP contribution in [-0.2, 0) is 11.2 Å². The third kappa shape index (κ3) is 5.84. The summed E-state index contributed by atoms with van der Waals surface area (Å²) in [7, 11) is 0. The number of hydrogen-bond donors (Lipinski definition) is 2. The van der Waals surface area contributed by atoms with Crippen molar-refractivity contribution in [3.63, 3.8) is 0 Å². The van der Waals surface area contributed by atoms with Gasteiger partial charge in [-0.2, -0.15) is 0 Å². The predicted molar refractivity (Wildman–Crippen MR) is 111 cm³/mol. The van der Waals surface area contributed by atoms with Gasteiger partial charge in [0.05, 0.1) is 0 Å². The summed E-state index contributed by atoms with van der Waals surface area (Å²) in [5.74, 6) is 0.398. The standard InChI is InChI=1S/C23H28N2O3/c1-2-17-7-6-10-21(15-17)28-16-22(26)24-20-13-11-18(12-14-20)23(27)25-19-8-4-3-5-9-19/h6-7,10-15,19H,2-5,8-9,16H2,1H3,(H,24,26)(H,25,27). The van der Waals surface area contributed by atoms with Crippen LogP contribution < -0.4 is 15.4 Å². The van der Waals surface area contributed by atoms with E-state index in [4.69, 9.17) is 4.74 Å². The van der Waals surface area contributed by atoms with E-state index >= 15 is 0 Å². The number of amides is 2. The first-order chi connectivity index (χ1) is 13.6. The molecule has 0 saturated heterocycles. The lowest BCUT2D eigenvalue weighted by Crippen LogP contribution is -2.36. The minimum atomic E-state index is -0.235. The molecule has 2 N–H and O–H groups in total. The van der Waals surface area contributed by atoms with Gasteiger partial charge < -0.3 is 15.4 Å². The minimum absolute atomic E-state index is 0.0519. The lowest BCUT2D eigenvalue weighted by molar-refractivity contribution is -0.118. The van der Waals surface area contributed by atoms with Gasteiger partial charge in [0, 0.05) is 17.3 Å². The van der Waals surface area contributed by atoms with Crippen LogP contribution in [0, 0.1) is 0 Å². The second-order valence-corrected chi connectivity index (χ2v) is 7.22. The molecular formula is C23H28N2O3. The van der Waals surface area contributed by atoms with Crippen LogP contribution in [-0.4, -0.2) is 24.5 Å². The first-order valence-electron chi connectivity index (χ1n) is 10.1. The summed E-state index contributed by atoms with van der Waals surface area (Å²) in [5.41, 5.74) is 2.42. The maximum absolute atomic E-state index is 12.3. The van der Waals surface area contributed by atoms with Crippen molar-refractivity contribution in [2.45, 2.75) is 51.5 Å². The van der Waals surface area contributed by atoms with Crippen molar-refractivity contribution in [3.8, 4) is 5.75 Å². The van der Waals surface area contributed by atoms with Crippen LogP contribution in [0.5, 0.6) is 5.75 Å². The topological polar surface area (TPSA) is 67.4 Å². The van der Waals surface area contributed by atoms with Crippen LogP contribution in [0.1, 0.15) is 54.9 Å². The average Bonchev–Trinajstić information content (AvgIpc) is 2.73. The zero-order chi connectivity index (χ0) is 19.8. The van der Waals surface area contributed by atoms with Gasteiger partial charge in [-0.05, 0) is 61.2 Å². The molecule has 1 aliphatic carbocycles. The highest BCUT2D eigenvalue weighted by atomic mass is 16.5. The second kappa shape index (κ2) is 9.93. The van der Waals surface area contributed by atoms with E-state index in [1.54, 1.807) is 24.3 Å². The molecule has 5 nitrogen and oxygen atoms in total. The Morgan fingerprint density at radius 3 is 2.50 bits per heavy atom. The third-order valence-electron chi connectivity index (χ3n) is 5.05. The van der Waals surface area contributed by atoms with E-state index < -0.39 is 0 Å². The lowest BCUT2D eigenvalue weighted by atomic mass is 9.95. The predicted octanol–water partition coefficient (Wildman–Crippen LogP) is 4.33. The number of hydrogen-bond acceptors (Lipinski definition) is 3. The highest BCUT2D eigenvalue weighted by molar-refractivity contribution is 5.96. The zero-order valence-electron chi connectivity index (χ0n) is 16.4. The fourth-order valence-electron chi connectivity index (χ4n) is 3.42. The van der Waals surface area contributed by atoms with E-state index in [0.29, 0.717) is 17.0 Å². The molecule has 28 heavy (non-hydrogen) atoms. The van der Waals surface area contributed by atoms with Crippen LogP contribution in [0.25, 0.3) is 0 Å². The molecule has 1 fully saturated rings.